The first kappa shape index (κ1) is 8.24. The van der Waals surface area contributed by atoms with Gasteiger partial charge in [-0.2, -0.15) is 10.2 Å². The van der Waals surface area contributed by atoms with Crippen molar-refractivity contribution in [3.05, 3.63) is 35.4 Å². The summed E-state index contributed by atoms with van der Waals surface area (Å²) in [5.41, 5.74) is 5.73. The molecule has 3 heteroatoms. The maximum absolute atomic E-state index is 4.26. The zero-order valence-electron chi connectivity index (χ0n) is 7.68. The van der Waals surface area contributed by atoms with Crippen LogP contribution < -0.4 is 0 Å². The van der Waals surface area contributed by atoms with Gasteiger partial charge in [0, 0.05) is 5.56 Å². The molecular formula is C11H10N2S. The van der Waals surface area contributed by atoms with Gasteiger partial charge in [0.15, 0.2) is 0 Å². The van der Waals surface area contributed by atoms with Gasteiger partial charge in [-0.1, -0.05) is 24.3 Å². The van der Waals surface area contributed by atoms with E-state index in [9.17, 15) is 0 Å². The summed E-state index contributed by atoms with van der Waals surface area (Å²) in [6.07, 6.45) is 2.35. The summed E-state index contributed by atoms with van der Waals surface area (Å²) in [6, 6.07) is 8.52. The molecule has 1 aromatic rings. The molecule has 3 rings (SSSR count). The summed E-state index contributed by atoms with van der Waals surface area (Å²) in [5.74, 6) is 0. The van der Waals surface area contributed by atoms with E-state index in [1.54, 1.807) is 11.8 Å². The van der Waals surface area contributed by atoms with Crippen LogP contribution in [0.1, 0.15) is 17.5 Å². The average molecular weight is 202 g/mol. The van der Waals surface area contributed by atoms with Crippen molar-refractivity contribution in [1.29, 1.82) is 0 Å². The molecular weight excluding hydrogens is 192 g/mol. The van der Waals surface area contributed by atoms with Crippen LogP contribution >= 0.6 is 11.8 Å². The molecule has 0 saturated carbocycles. The molecule has 1 atom stereocenters. The number of benzene rings is 1. The molecule has 0 bridgehead atoms. The number of nitrogens with zero attached hydrogens (tertiary/aromatic N) is 2. The summed E-state index contributed by atoms with van der Waals surface area (Å²) < 4.78 is 0. The number of rotatable bonds is 0. The van der Waals surface area contributed by atoms with Crippen LogP contribution in [-0.4, -0.2) is 16.5 Å². The third kappa shape index (κ3) is 1.20. The van der Waals surface area contributed by atoms with Gasteiger partial charge in [-0.05, 0) is 18.4 Å². The second kappa shape index (κ2) is 3.24. The van der Waals surface area contributed by atoms with Crippen molar-refractivity contribution in [3.8, 4) is 0 Å². The van der Waals surface area contributed by atoms with Crippen LogP contribution in [0.5, 0.6) is 0 Å². The zero-order chi connectivity index (χ0) is 9.38. The summed E-state index contributed by atoms with van der Waals surface area (Å²) >= 11 is 1.79. The molecule has 0 fully saturated rings. The van der Waals surface area contributed by atoms with Gasteiger partial charge in [-0.25, -0.2) is 0 Å². The van der Waals surface area contributed by atoms with E-state index in [-0.39, 0.29) is 0 Å². The molecule has 1 heterocycles. The lowest BCUT2D eigenvalue weighted by Gasteiger charge is -2.25. The normalized spacial score (nSPS) is 23.7. The maximum atomic E-state index is 4.26. The summed E-state index contributed by atoms with van der Waals surface area (Å²) in [7, 11) is 0. The lowest BCUT2D eigenvalue weighted by atomic mass is 9.90. The Balaban J connectivity index is 2.15. The van der Waals surface area contributed by atoms with Gasteiger partial charge in [-0.3, -0.25) is 0 Å². The number of hydrogen-bond acceptors (Lipinski definition) is 3. The highest BCUT2D eigenvalue weighted by molar-refractivity contribution is 8.13. The van der Waals surface area contributed by atoms with E-state index in [0.29, 0.717) is 5.25 Å². The van der Waals surface area contributed by atoms with E-state index >= 15 is 0 Å². The highest BCUT2D eigenvalue weighted by atomic mass is 32.2. The van der Waals surface area contributed by atoms with Gasteiger partial charge in [0.2, 0.25) is 0 Å². The Hall–Kier alpha value is -1.09. The molecule has 0 saturated heterocycles. The van der Waals surface area contributed by atoms with Crippen LogP contribution in [0.2, 0.25) is 0 Å². The number of hydrogen-bond donors (Lipinski definition) is 0. The number of fused-ring (bicyclic) bond motifs is 3. The molecule has 1 aliphatic heterocycles. The SMILES string of the molecule is C1=NN=C2c3ccccc3CCC2S1. The lowest BCUT2D eigenvalue weighted by Crippen LogP contribution is -2.26. The molecule has 0 radical (unpaired) electrons. The minimum atomic E-state index is 0.530. The molecule has 2 nitrogen and oxygen atoms in total. The highest BCUT2D eigenvalue weighted by Crippen LogP contribution is 2.30. The van der Waals surface area contributed by atoms with Crippen molar-refractivity contribution in [2.24, 2.45) is 10.2 Å². The molecule has 1 aliphatic carbocycles. The van der Waals surface area contributed by atoms with E-state index < -0.39 is 0 Å². The predicted octanol–water partition coefficient (Wildman–Crippen LogP) is 2.48. The first-order valence-electron chi connectivity index (χ1n) is 4.78. The van der Waals surface area contributed by atoms with Crippen molar-refractivity contribution < 1.29 is 0 Å². The second-order valence-electron chi connectivity index (χ2n) is 3.53. The maximum Gasteiger partial charge on any atom is 0.0839 e. The van der Waals surface area contributed by atoms with Crippen LogP contribution in [0.3, 0.4) is 0 Å². The molecule has 14 heavy (non-hydrogen) atoms. The Morgan fingerprint density at radius 3 is 3.21 bits per heavy atom. The smallest absolute Gasteiger partial charge is 0.0839 e. The van der Waals surface area contributed by atoms with E-state index in [2.05, 4.69) is 34.5 Å². The van der Waals surface area contributed by atoms with Crippen LogP contribution in [0, 0.1) is 0 Å². The van der Waals surface area contributed by atoms with Gasteiger partial charge in [0.05, 0.1) is 16.5 Å². The van der Waals surface area contributed by atoms with E-state index in [1.807, 2.05) is 5.55 Å². The fraction of sp³-hybridized carbons (Fsp3) is 0.273. The van der Waals surface area contributed by atoms with E-state index in [0.717, 1.165) is 0 Å². The topological polar surface area (TPSA) is 24.7 Å². The predicted molar refractivity (Wildman–Crippen MR) is 61.2 cm³/mol. The first-order chi connectivity index (χ1) is 6.95. The first-order valence-corrected chi connectivity index (χ1v) is 5.72. The summed E-state index contributed by atoms with van der Waals surface area (Å²) in [6.45, 7) is 0. The second-order valence-corrected chi connectivity index (χ2v) is 4.58. The van der Waals surface area contributed by atoms with Gasteiger partial charge in [0.1, 0.15) is 0 Å². The largest absolute Gasteiger partial charge is 0.153 e. The Morgan fingerprint density at radius 2 is 2.21 bits per heavy atom. The number of aryl methyl sites for hydroxylation is 1. The molecule has 0 amide bonds. The average Bonchev–Trinajstić information content (AvgIpc) is 2.29. The van der Waals surface area contributed by atoms with Gasteiger partial charge < -0.3 is 0 Å². The summed E-state index contributed by atoms with van der Waals surface area (Å²) in [5, 5.41) is 8.77. The van der Waals surface area contributed by atoms with Crippen molar-refractivity contribution in [1.82, 2.24) is 0 Å². The molecule has 0 spiro atoms. The molecule has 1 aromatic carbocycles. The van der Waals surface area contributed by atoms with Crippen LogP contribution in [0.4, 0.5) is 0 Å². The minimum Gasteiger partial charge on any atom is -0.153 e. The standard InChI is InChI=1S/C11H10N2S/c1-2-4-9-8(3-1)5-6-10-11(9)13-12-7-14-10/h1-4,7,10H,5-6H2. The van der Waals surface area contributed by atoms with Crippen LogP contribution in [0.25, 0.3) is 0 Å². The number of thioether (sulfide) groups is 1. The van der Waals surface area contributed by atoms with Crippen LogP contribution in [0.15, 0.2) is 34.5 Å². The fourth-order valence-corrected chi connectivity index (χ4v) is 2.83. The highest BCUT2D eigenvalue weighted by Gasteiger charge is 2.26. The van der Waals surface area contributed by atoms with E-state index in [1.165, 1.54) is 29.7 Å². The molecule has 0 aromatic heterocycles. The molecule has 0 N–H and O–H groups in total. The van der Waals surface area contributed by atoms with Gasteiger partial charge in [0.25, 0.3) is 0 Å². The van der Waals surface area contributed by atoms with Crippen molar-refractivity contribution >= 4 is 23.0 Å². The minimum absolute atomic E-state index is 0.530. The monoisotopic (exact) mass is 202 g/mol. The van der Waals surface area contributed by atoms with Gasteiger partial charge >= 0.3 is 0 Å². The third-order valence-corrected chi connectivity index (χ3v) is 3.72. The molecule has 1 unspecified atom stereocenters. The summed E-state index contributed by atoms with van der Waals surface area (Å²) in [4.78, 5) is 0. The van der Waals surface area contributed by atoms with Crippen LogP contribution in [-0.2, 0) is 6.42 Å². The fourth-order valence-electron chi connectivity index (χ4n) is 2.02. The molecule has 70 valence electrons. The van der Waals surface area contributed by atoms with Crippen molar-refractivity contribution in [3.63, 3.8) is 0 Å². The Kier molecular flexibility index (Phi) is 1.91. The van der Waals surface area contributed by atoms with Crippen molar-refractivity contribution in [2.75, 3.05) is 0 Å². The molecule has 2 aliphatic rings. The van der Waals surface area contributed by atoms with Gasteiger partial charge in [-0.15, -0.1) is 11.8 Å². The van der Waals surface area contributed by atoms with E-state index in [4.69, 9.17) is 0 Å². The Morgan fingerprint density at radius 1 is 1.29 bits per heavy atom. The lowest BCUT2D eigenvalue weighted by molar-refractivity contribution is 0.847. The quantitative estimate of drug-likeness (QED) is 0.634. The Bertz CT molecular complexity index is 423. The zero-order valence-corrected chi connectivity index (χ0v) is 8.50. The third-order valence-electron chi connectivity index (χ3n) is 2.71. The van der Waals surface area contributed by atoms with Crippen molar-refractivity contribution in [2.45, 2.75) is 18.1 Å². The Labute approximate surface area is 87.1 Å².